The van der Waals surface area contributed by atoms with Gasteiger partial charge in [0.25, 0.3) is 0 Å². The quantitative estimate of drug-likeness (QED) is 0.910. The molecule has 1 aliphatic rings. The number of aliphatic hydroxyl groups is 1. The van der Waals surface area contributed by atoms with Crippen molar-refractivity contribution in [1.29, 1.82) is 0 Å². The van der Waals surface area contributed by atoms with E-state index in [1.54, 1.807) is 11.3 Å². The maximum atomic E-state index is 11.0. The molecule has 0 fully saturated rings. The van der Waals surface area contributed by atoms with E-state index in [2.05, 4.69) is 35.4 Å². The summed E-state index contributed by atoms with van der Waals surface area (Å²) in [5, 5.41) is 15.6. The fourth-order valence-corrected chi connectivity index (χ4v) is 3.89. The average molecular weight is 302 g/mol. The Bertz CT molecular complexity index is 625. The van der Waals surface area contributed by atoms with Gasteiger partial charge in [-0.3, -0.25) is 0 Å². The third-order valence-corrected chi connectivity index (χ3v) is 5.42. The minimum Gasteiger partial charge on any atom is -0.384 e. The third-order valence-electron chi connectivity index (χ3n) is 4.32. The normalized spacial score (nSPS) is 22.8. The number of aryl methyl sites for hydroxylation is 2. The topological polar surface area (TPSA) is 45.2 Å². The smallest absolute Gasteiger partial charge is 0.102 e. The zero-order chi connectivity index (χ0) is 14.9. The molecule has 2 aromatic rings. The zero-order valence-corrected chi connectivity index (χ0v) is 13.4. The van der Waals surface area contributed by atoms with E-state index in [0.29, 0.717) is 6.54 Å². The van der Waals surface area contributed by atoms with Gasteiger partial charge in [-0.2, -0.15) is 0 Å². The lowest BCUT2D eigenvalue weighted by Crippen LogP contribution is -2.41. The molecule has 3 nitrogen and oxygen atoms in total. The van der Waals surface area contributed by atoms with Crippen molar-refractivity contribution in [3.8, 4) is 0 Å². The van der Waals surface area contributed by atoms with Gasteiger partial charge in [-0.1, -0.05) is 24.3 Å². The molecule has 0 saturated heterocycles. The maximum absolute atomic E-state index is 11.0. The minimum atomic E-state index is -0.747. The monoisotopic (exact) mass is 302 g/mol. The molecule has 0 unspecified atom stereocenters. The summed E-state index contributed by atoms with van der Waals surface area (Å²) < 4.78 is 0. The molecule has 21 heavy (non-hydrogen) atoms. The van der Waals surface area contributed by atoms with Crippen LogP contribution in [0.5, 0.6) is 0 Å². The van der Waals surface area contributed by atoms with E-state index in [9.17, 15) is 5.11 Å². The first-order valence-electron chi connectivity index (χ1n) is 7.55. The van der Waals surface area contributed by atoms with Crippen molar-refractivity contribution < 1.29 is 5.11 Å². The summed E-state index contributed by atoms with van der Waals surface area (Å²) in [7, 11) is 0. The molecule has 1 aromatic carbocycles. The van der Waals surface area contributed by atoms with Gasteiger partial charge in [-0.25, -0.2) is 4.98 Å². The van der Waals surface area contributed by atoms with E-state index in [0.717, 1.165) is 29.8 Å². The van der Waals surface area contributed by atoms with Gasteiger partial charge in [0.2, 0.25) is 0 Å². The molecular formula is C17H22N2OS. The number of aromatic nitrogens is 1. The minimum absolute atomic E-state index is 0.217. The van der Waals surface area contributed by atoms with Crippen LogP contribution in [0.25, 0.3) is 0 Å². The molecule has 1 aliphatic carbocycles. The molecule has 2 N–H and O–H groups in total. The van der Waals surface area contributed by atoms with Crippen LogP contribution in [0.1, 0.15) is 46.8 Å². The highest BCUT2D eigenvalue weighted by molar-refractivity contribution is 7.11. The second kappa shape index (κ2) is 5.87. The van der Waals surface area contributed by atoms with E-state index >= 15 is 0 Å². The summed E-state index contributed by atoms with van der Waals surface area (Å²) in [6.07, 6.45) is 4.87. The van der Waals surface area contributed by atoms with E-state index < -0.39 is 5.60 Å². The number of nitrogens with one attached hydrogen (secondary N) is 1. The number of hydrogen-bond acceptors (Lipinski definition) is 4. The first-order valence-corrected chi connectivity index (χ1v) is 8.37. The highest BCUT2D eigenvalue weighted by Gasteiger charge is 2.34. The van der Waals surface area contributed by atoms with Gasteiger partial charge in [-0.15, -0.1) is 11.3 Å². The molecule has 112 valence electrons. The number of fused-ring (bicyclic) bond motifs is 1. The third kappa shape index (κ3) is 3.03. The Kier molecular flexibility index (Phi) is 4.11. The van der Waals surface area contributed by atoms with Crippen molar-refractivity contribution >= 4 is 11.3 Å². The Balaban J connectivity index is 1.73. The molecule has 3 rings (SSSR count). The van der Waals surface area contributed by atoms with Gasteiger partial charge in [-0.05, 0) is 44.2 Å². The van der Waals surface area contributed by atoms with Gasteiger partial charge >= 0.3 is 0 Å². The SMILES string of the molecule is Cc1ncc([C@@H](C)NC[C@]2(O)CCCc3ccccc32)s1. The van der Waals surface area contributed by atoms with Crippen LogP contribution in [0.4, 0.5) is 0 Å². The summed E-state index contributed by atoms with van der Waals surface area (Å²) in [6.45, 7) is 4.74. The predicted molar refractivity (Wildman–Crippen MR) is 86.5 cm³/mol. The first kappa shape index (κ1) is 14.7. The summed E-state index contributed by atoms with van der Waals surface area (Å²) in [5.41, 5.74) is 1.63. The van der Waals surface area contributed by atoms with Gasteiger partial charge in [0.1, 0.15) is 5.60 Å². The molecule has 0 bridgehead atoms. The molecule has 2 atom stereocenters. The van der Waals surface area contributed by atoms with Gasteiger partial charge in [0.05, 0.1) is 5.01 Å². The summed E-state index contributed by atoms with van der Waals surface area (Å²) in [5.74, 6) is 0. The van der Waals surface area contributed by atoms with Crippen LogP contribution < -0.4 is 5.32 Å². The van der Waals surface area contributed by atoms with Crippen molar-refractivity contribution in [3.63, 3.8) is 0 Å². The molecule has 0 spiro atoms. The van der Waals surface area contributed by atoms with Gasteiger partial charge in [0.15, 0.2) is 0 Å². The Labute approximate surface area is 130 Å². The highest BCUT2D eigenvalue weighted by atomic mass is 32.1. The van der Waals surface area contributed by atoms with Gasteiger partial charge < -0.3 is 10.4 Å². The summed E-state index contributed by atoms with van der Waals surface area (Å²) in [6, 6.07) is 8.49. The van der Waals surface area contributed by atoms with Gasteiger partial charge in [0, 0.05) is 23.7 Å². The largest absolute Gasteiger partial charge is 0.384 e. The van der Waals surface area contributed by atoms with Crippen LogP contribution in [0.3, 0.4) is 0 Å². The molecule has 1 aromatic heterocycles. The lowest BCUT2D eigenvalue weighted by molar-refractivity contribution is 0.0171. The first-order chi connectivity index (χ1) is 10.1. The van der Waals surface area contributed by atoms with Crippen LogP contribution in [-0.2, 0) is 12.0 Å². The van der Waals surface area contributed by atoms with Crippen LogP contribution in [0.2, 0.25) is 0 Å². The Morgan fingerprint density at radius 2 is 2.24 bits per heavy atom. The zero-order valence-electron chi connectivity index (χ0n) is 12.6. The molecule has 1 heterocycles. The molecule has 0 aliphatic heterocycles. The second-order valence-corrected chi connectivity index (χ2v) is 7.19. The Hall–Kier alpha value is -1.23. The lowest BCUT2D eigenvalue weighted by Gasteiger charge is -2.35. The summed E-state index contributed by atoms with van der Waals surface area (Å²) in [4.78, 5) is 5.52. The fraction of sp³-hybridized carbons (Fsp3) is 0.471. The van der Waals surface area contributed by atoms with Crippen molar-refractivity contribution in [3.05, 3.63) is 51.5 Å². The van der Waals surface area contributed by atoms with E-state index in [-0.39, 0.29) is 6.04 Å². The second-order valence-electron chi connectivity index (χ2n) is 5.93. The van der Waals surface area contributed by atoms with E-state index in [4.69, 9.17) is 0 Å². The maximum Gasteiger partial charge on any atom is 0.102 e. The lowest BCUT2D eigenvalue weighted by atomic mass is 9.79. The molecule has 0 amide bonds. The number of thiazole rings is 1. The number of nitrogens with zero attached hydrogens (tertiary/aromatic N) is 1. The Morgan fingerprint density at radius 3 is 3.00 bits per heavy atom. The highest BCUT2D eigenvalue weighted by Crippen LogP contribution is 2.35. The van der Waals surface area contributed by atoms with Crippen LogP contribution in [0, 0.1) is 6.92 Å². The van der Waals surface area contributed by atoms with Crippen molar-refractivity contribution in [2.45, 2.75) is 44.8 Å². The standard InChI is InChI=1S/C17H22N2OS/c1-12(16-10-18-13(2)21-16)19-11-17(20)9-5-7-14-6-3-4-8-15(14)17/h3-4,6,8,10,12,19-20H,5,7,9,11H2,1-2H3/t12-,17-/m1/s1. The van der Waals surface area contributed by atoms with Crippen molar-refractivity contribution in [2.75, 3.05) is 6.54 Å². The molecule has 0 saturated carbocycles. The van der Waals surface area contributed by atoms with Crippen LogP contribution in [0.15, 0.2) is 30.5 Å². The number of rotatable bonds is 4. The van der Waals surface area contributed by atoms with Crippen molar-refractivity contribution in [2.24, 2.45) is 0 Å². The summed E-state index contributed by atoms with van der Waals surface area (Å²) >= 11 is 1.71. The van der Waals surface area contributed by atoms with Crippen LogP contribution in [-0.4, -0.2) is 16.6 Å². The number of benzene rings is 1. The van der Waals surface area contributed by atoms with Crippen LogP contribution >= 0.6 is 11.3 Å². The number of hydrogen-bond donors (Lipinski definition) is 2. The average Bonchev–Trinajstić information content (AvgIpc) is 2.92. The van der Waals surface area contributed by atoms with E-state index in [1.165, 1.54) is 10.4 Å². The predicted octanol–water partition coefficient (Wildman–Crippen LogP) is 3.33. The molecule has 0 radical (unpaired) electrons. The molecular weight excluding hydrogens is 280 g/mol. The fourth-order valence-electron chi connectivity index (χ4n) is 3.08. The Morgan fingerprint density at radius 1 is 1.43 bits per heavy atom. The van der Waals surface area contributed by atoms with E-state index in [1.807, 2.05) is 19.2 Å². The molecule has 4 heteroatoms. The van der Waals surface area contributed by atoms with Crippen molar-refractivity contribution in [1.82, 2.24) is 10.3 Å².